The van der Waals surface area contributed by atoms with Gasteiger partial charge in [0, 0.05) is 12.2 Å². The minimum absolute atomic E-state index is 0.235. The zero-order valence-electron chi connectivity index (χ0n) is 8.46. The van der Waals surface area contributed by atoms with Crippen LogP contribution in [0.15, 0.2) is 16.7 Å². The SMILES string of the molecule is CCOCC(NC)c1ccoc1C. The van der Waals surface area contributed by atoms with E-state index in [2.05, 4.69) is 5.32 Å². The molecule has 0 fully saturated rings. The van der Waals surface area contributed by atoms with E-state index in [0.29, 0.717) is 6.61 Å². The first-order chi connectivity index (χ1) is 6.29. The minimum atomic E-state index is 0.235. The molecule has 1 atom stereocenters. The highest BCUT2D eigenvalue weighted by atomic mass is 16.5. The van der Waals surface area contributed by atoms with E-state index in [1.54, 1.807) is 6.26 Å². The normalized spacial score (nSPS) is 13.2. The Morgan fingerprint density at radius 3 is 2.85 bits per heavy atom. The number of rotatable bonds is 5. The molecule has 1 unspecified atom stereocenters. The van der Waals surface area contributed by atoms with Gasteiger partial charge >= 0.3 is 0 Å². The van der Waals surface area contributed by atoms with Crippen molar-refractivity contribution in [3.05, 3.63) is 23.7 Å². The first-order valence-corrected chi connectivity index (χ1v) is 4.58. The monoisotopic (exact) mass is 183 g/mol. The largest absolute Gasteiger partial charge is 0.469 e. The van der Waals surface area contributed by atoms with Crippen LogP contribution >= 0.6 is 0 Å². The Morgan fingerprint density at radius 1 is 1.62 bits per heavy atom. The summed E-state index contributed by atoms with van der Waals surface area (Å²) in [7, 11) is 1.93. The summed E-state index contributed by atoms with van der Waals surface area (Å²) in [5.41, 5.74) is 1.18. The van der Waals surface area contributed by atoms with Crippen molar-refractivity contribution >= 4 is 0 Å². The summed E-state index contributed by atoms with van der Waals surface area (Å²) in [5, 5.41) is 3.20. The molecule has 1 aromatic rings. The fourth-order valence-corrected chi connectivity index (χ4v) is 1.32. The van der Waals surface area contributed by atoms with Gasteiger partial charge in [0.25, 0.3) is 0 Å². The molecule has 0 aliphatic carbocycles. The van der Waals surface area contributed by atoms with Crippen LogP contribution in [0.2, 0.25) is 0 Å². The highest BCUT2D eigenvalue weighted by Crippen LogP contribution is 2.18. The zero-order valence-corrected chi connectivity index (χ0v) is 8.46. The molecule has 0 amide bonds. The van der Waals surface area contributed by atoms with Crippen LogP contribution in [0.4, 0.5) is 0 Å². The zero-order chi connectivity index (χ0) is 9.68. The average Bonchev–Trinajstić information content (AvgIpc) is 2.54. The second kappa shape index (κ2) is 5.04. The summed E-state index contributed by atoms with van der Waals surface area (Å²) in [5.74, 6) is 0.957. The molecule has 0 aliphatic heterocycles. The predicted octanol–water partition coefficient (Wildman–Crippen LogP) is 1.89. The third-order valence-electron chi connectivity index (χ3n) is 2.11. The number of aryl methyl sites for hydroxylation is 1. The molecule has 1 N–H and O–H groups in total. The van der Waals surface area contributed by atoms with Crippen molar-refractivity contribution in [3.8, 4) is 0 Å². The van der Waals surface area contributed by atoms with Crippen LogP contribution in [0.3, 0.4) is 0 Å². The predicted molar refractivity (Wildman–Crippen MR) is 51.7 cm³/mol. The van der Waals surface area contributed by atoms with Crippen LogP contribution < -0.4 is 5.32 Å². The van der Waals surface area contributed by atoms with Crippen LogP contribution in [0.25, 0.3) is 0 Å². The maximum Gasteiger partial charge on any atom is 0.105 e. The number of nitrogens with one attached hydrogen (secondary N) is 1. The van der Waals surface area contributed by atoms with Gasteiger partial charge in [0.1, 0.15) is 5.76 Å². The van der Waals surface area contributed by atoms with Crippen LogP contribution in [0.5, 0.6) is 0 Å². The summed E-state index contributed by atoms with van der Waals surface area (Å²) >= 11 is 0. The Kier molecular flexibility index (Phi) is 3.99. The highest BCUT2D eigenvalue weighted by Gasteiger charge is 2.13. The number of hydrogen-bond donors (Lipinski definition) is 1. The summed E-state index contributed by atoms with van der Waals surface area (Å²) in [4.78, 5) is 0. The number of likely N-dealkylation sites (N-methyl/N-ethyl adjacent to an activating group) is 1. The maximum absolute atomic E-state index is 5.36. The van der Waals surface area contributed by atoms with E-state index >= 15 is 0 Å². The standard InChI is InChI=1S/C10H17NO2/c1-4-12-7-10(11-3)9-5-6-13-8(9)2/h5-6,10-11H,4,7H2,1-3H3. The lowest BCUT2D eigenvalue weighted by Crippen LogP contribution is -2.21. The molecule has 1 rings (SSSR count). The van der Waals surface area contributed by atoms with Crippen molar-refractivity contribution < 1.29 is 9.15 Å². The Labute approximate surface area is 79.1 Å². The summed E-state index contributed by atoms with van der Waals surface area (Å²) in [6.07, 6.45) is 1.71. The molecule has 74 valence electrons. The smallest absolute Gasteiger partial charge is 0.105 e. The van der Waals surface area contributed by atoms with Gasteiger partial charge in [0.2, 0.25) is 0 Å². The van der Waals surface area contributed by atoms with E-state index in [1.807, 2.05) is 27.0 Å². The number of furan rings is 1. The molecular formula is C10H17NO2. The molecule has 13 heavy (non-hydrogen) atoms. The van der Waals surface area contributed by atoms with Crippen LogP contribution in [0.1, 0.15) is 24.3 Å². The second-order valence-electron chi connectivity index (χ2n) is 2.93. The third-order valence-corrected chi connectivity index (χ3v) is 2.11. The van der Waals surface area contributed by atoms with Gasteiger partial charge in [-0.25, -0.2) is 0 Å². The number of hydrogen-bond acceptors (Lipinski definition) is 3. The van der Waals surface area contributed by atoms with Gasteiger partial charge in [-0.3, -0.25) is 0 Å². The molecule has 0 aliphatic rings. The van der Waals surface area contributed by atoms with E-state index < -0.39 is 0 Å². The summed E-state index contributed by atoms with van der Waals surface area (Å²) in [6, 6.07) is 2.22. The first kappa shape index (κ1) is 10.3. The lowest BCUT2D eigenvalue weighted by molar-refractivity contribution is 0.125. The van der Waals surface area contributed by atoms with Crippen molar-refractivity contribution in [2.24, 2.45) is 0 Å². The van der Waals surface area contributed by atoms with Gasteiger partial charge in [0.15, 0.2) is 0 Å². The minimum Gasteiger partial charge on any atom is -0.469 e. The lowest BCUT2D eigenvalue weighted by atomic mass is 10.1. The van der Waals surface area contributed by atoms with E-state index in [1.165, 1.54) is 5.56 Å². The fraction of sp³-hybridized carbons (Fsp3) is 0.600. The molecule has 0 bridgehead atoms. The molecule has 0 aromatic carbocycles. The van der Waals surface area contributed by atoms with E-state index in [9.17, 15) is 0 Å². The summed E-state index contributed by atoms with van der Waals surface area (Å²) < 4.78 is 10.6. The van der Waals surface area contributed by atoms with Gasteiger partial charge in [-0.1, -0.05) is 0 Å². The molecule has 1 aromatic heterocycles. The van der Waals surface area contributed by atoms with Crippen molar-refractivity contribution in [2.75, 3.05) is 20.3 Å². The maximum atomic E-state index is 5.36. The van der Waals surface area contributed by atoms with E-state index in [0.717, 1.165) is 12.4 Å². The Balaban J connectivity index is 2.61. The Bertz CT molecular complexity index is 245. The fourth-order valence-electron chi connectivity index (χ4n) is 1.32. The van der Waals surface area contributed by atoms with Gasteiger partial charge in [-0.2, -0.15) is 0 Å². The molecular weight excluding hydrogens is 166 g/mol. The molecule has 0 radical (unpaired) electrons. The average molecular weight is 183 g/mol. The topological polar surface area (TPSA) is 34.4 Å². The van der Waals surface area contributed by atoms with Crippen molar-refractivity contribution in [1.29, 1.82) is 0 Å². The van der Waals surface area contributed by atoms with E-state index in [4.69, 9.17) is 9.15 Å². The van der Waals surface area contributed by atoms with Gasteiger partial charge in [-0.05, 0) is 27.0 Å². The van der Waals surface area contributed by atoms with Crippen LogP contribution in [-0.4, -0.2) is 20.3 Å². The molecule has 0 spiro atoms. The Morgan fingerprint density at radius 2 is 2.38 bits per heavy atom. The molecule has 1 heterocycles. The van der Waals surface area contributed by atoms with Gasteiger partial charge < -0.3 is 14.5 Å². The quantitative estimate of drug-likeness (QED) is 0.757. The molecule has 3 nitrogen and oxygen atoms in total. The van der Waals surface area contributed by atoms with Crippen molar-refractivity contribution in [3.63, 3.8) is 0 Å². The van der Waals surface area contributed by atoms with E-state index in [-0.39, 0.29) is 6.04 Å². The van der Waals surface area contributed by atoms with Crippen LogP contribution in [0, 0.1) is 6.92 Å². The third kappa shape index (κ3) is 2.57. The number of ether oxygens (including phenoxy) is 1. The second-order valence-corrected chi connectivity index (χ2v) is 2.93. The van der Waals surface area contributed by atoms with Crippen molar-refractivity contribution in [2.45, 2.75) is 19.9 Å². The molecule has 0 saturated carbocycles. The Hall–Kier alpha value is -0.800. The van der Waals surface area contributed by atoms with Gasteiger partial charge in [0.05, 0.1) is 18.9 Å². The highest BCUT2D eigenvalue weighted by molar-refractivity contribution is 5.20. The first-order valence-electron chi connectivity index (χ1n) is 4.58. The van der Waals surface area contributed by atoms with Gasteiger partial charge in [-0.15, -0.1) is 0 Å². The van der Waals surface area contributed by atoms with Crippen LogP contribution in [-0.2, 0) is 4.74 Å². The lowest BCUT2D eigenvalue weighted by Gasteiger charge is -2.14. The molecule has 3 heteroatoms. The van der Waals surface area contributed by atoms with Crippen molar-refractivity contribution in [1.82, 2.24) is 5.32 Å². The molecule has 0 saturated heterocycles. The summed E-state index contributed by atoms with van der Waals surface area (Å²) in [6.45, 7) is 5.39.